The number of hydrogen-bond donors (Lipinski definition) is 1. The third-order valence-electron chi connectivity index (χ3n) is 3.15. The lowest BCUT2D eigenvalue weighted by atomic mass is 10.1. The Balaban J connectivity index is 2.35. The Morgan fingerprint density at radius 1 is 1.16 bits per heavy atom. The number of fused-ring (bicyclic) bond motifs is 1. The lowest BCUT2D eigenvalue weighted by molar-refractivity contribution is 0.277. The highest BCUT2D eigenvalue weighted by molar-refractivity contribution is 5.87. The van der Waals surface area contributed by atoms with E-state index in [1.165, 1.54) is 0 Å². The molecule has 0 aliphatic rings. The molecule has 0 atom stereocenters. The Kier molecular flexibility index (Phi) is 2.80. The molecule has 0 aliphatic heterocycles. The third kappa shape index (κ3) is 2.00. The van der Waals surface area contributed by atoms with Crippen molar-refractivity contribution in [3.05, 3.63) is 53.5 Å². The average molecular weight is 253 g/mol. The van der Waals surface area contributed by atoms with E-state index in [-0.39, 0.29) is 6.61 Å². The fourth-order valence-corrected chi connectivity index (χ4v) is 2.34. The highest BCUT2D eigenvalue weighted by Crippen LogP contribution is 2.23. The number of hydrogen-bond acceptors (Lipinski definition) is 3. The van der Waals surface area contributed by atoms with E-state index in [9.17, 15) is 5.11 Å². The van der Waals surface area contributed by atoms with Gasteiger partial charge in [0.25, 0.3) is 0 Å². The predicted octanol–water partition coefficient (Wildman–Crippen LogP) is 2.53. The van der Waals surface area contributed by atoms with Gasteiger partial charge in [0.05, 0.1) is 29.2 Å². The fourth-order valence-electron chi connectivity index (χ4n) is 2.34. The molecule has 0 fully saturated rings. The molecular formula is C15H15N3O. The predicted molar refractivity (Wildman–Crippen MR) is 74.3 cm³/mol. The molecule has 19 heavy (non-hydrogen) atoms. The van der Waals surface area contributed by atoms with Crippen molar-refractivity contribution < 1.29 is 5.11 Å². The second-order valence-electron chi connectivity index (χ2n) is 4.65. The summed E-state index contributed by atoms with van der Waals surface area (Å²) >= 11 is 0. The molecule has 0 bridgehead atoms. The average Bonchev–Trinajstić information content (AvgIpc) is 2.76. The number of nitrogens with zero attached hydrogens (tertiary/aromatic N) is 3. The van der Waals surface area contributed by atoms with E-state index >= 15 is 0 Å². The van der Waals surface area contributed by atoms with E-state index < -0.39 is 0 Å². The van der Waals surface area contributed by atoms with E-state index in [0.717, 1.165) is 28.0 Å². The van der Waals surface area contributed by atoms with Crippen LogP contribution in [0.5, 0.6) is 0 Å². The Hall–Kier alpha value is -2.20. The molecule has 4 nitrogen and oxygen atoms in total. The molecule has 0 amide bonds. The number of aryl methyl sites for hydroxylation is 2. The third-order valence-corrected chi connectivity index (χ3v) is 3.15. The molecule has 3 aromatic rings. The molecule has 1 N–H and O–H groups in total. The maximum Gasteiger partial charge on any atom is 0.0854 e. The van der Waals surface area contributed by atoms with Gasteiger partial charge in [-0.2, -0.15) is 5.10 Å². The molecule has 4 heteroatoms. The topological polar surface area (TPSA) is 50.9 Å². The molecular weight excluding hydrogens is 238 g/mol. The summed E-state index contributed by atoms with van der Waals surface area (Å²) in [4.78, 5) is 4.43. The largest absolute Gasteiger partial charge is 0.390 e. The lowest BCUT2D eigenvalue weighted by Crippen LogP contribution is -2.03. The van der Waals surface area contributed by atoms with Crippen molar-refractivity contribution >= 4 is 10.9 Å². The highest BCUT2D eigenvalue weighted by atomic mass is 16.3. The second kappa shape index (κ2) is 4.48. The van der Waals surface area contributed by atoms with Crippen LogP contribution in [-0.2, 0) is 6.61 Å². The Morgan fingerprint density at radius 3 is 2.63 bits per heavy atom. The molecule has 96 valence electrons. The van der Waals surface area contributed by atoms with Crippen LogP contribution in [0, 0.1) is 13.8 Å². The molecule has 0 unspecified atom stereocenters. The van der Waals surface area contributed by atoms with Crippen LogP contribution >= 0.6 is 0 Å². The first-order chi connectivity index (χ1) is 9.19. The SMILES string of the molecule is Cc1cc(C)n(-c2cc(CO)nc3ccccc23)n1. The van der Waals surface area contributed by atoms with Crippen LogP contribution < -0.4 is 0 Å². The minimum Gasteiger partial charge on any atom is -0.390 e. The summed E-state index contributed by atoms with van der Waals surface area (Å²) in [7, 11) is 0. The van der Waals surface area contributed by atoms with E-state index in [4.69, 9.17) is 0 Å². The molecule has 2 heterocycles. The second-order valence-corrected chi connectivity index (χ2v) is 4.65. The number of benzene rings is 1. The van der Waals surface area contributed by atoms with Gasteiger partial charge in [-0.25, -0.2) is 4.68 Å². The minimum atomic E-state index is -0.0723. The van der Waals surface area contributed by atoms with Gasteiger partial charge in [0.1, 0.15) is 0 Å². The van der Waals surface area contributed by atoms with E-state index in [0.29, 0.717) is 5.69 Å². The first-order valence-corrected chi connectivity index (χ1v) is 6.22. The van der Waals surface area contributed by atoms with Gasteiger partial charge in [-0.3, -0.25) is 4.98 Å². The number of aliphatic hydroxyl groups excluding tert-OH is 1. The van der Waals surface area contributed by atoms with Crippen LogP contribution in [0.15, 0.2) is 36.4 Å². The van der Waals surface area contributed by atoms with Crippen molar-refractivity contribution in [1.82, 2.24) is 14.8 Å². The zero-order valence-electron chi connectivity index (χ0n) is 11.0. The molecule has 0 radical (unpaired) electrons. The number of aromatic nitrogens is 3. The molecule has 1 aromatic carbocycles. The standard InChI is InChI=1S/C15H15N3O/c1-10-7-11(2)18(17-10)15-8-12(9-19)16-14-6-4-3-5-13(14)15/h3-8,19H,9H2,1-2H3. The molecule has 2 aromatic heterocycles. The van der Waals surface area contributed by atoms with Gasteiger partial charge in [-0.1, -0.05) is 18.2 Å². The summed E-state index contributed by atoms with van der Waals surface area (Å²) in [6, 6.07) is 11.8. The van der Waals surface area contributed by atoms with Gasteiger partial charge in [-0.15, -0.1) is 0 Å². The van der Waals surface area contributed by atoms with Crippen LogP contribution in [0.4, 0.5) is 0 Å². The normalized spacial score (nSPS) is 11.1. The van der Waals surface area contributed by atoms with Crippen molar-refractivity contribution in [2.75, 3.05) is 0 Å². The zero-order valence-corrected chi connectivity index (χ0v) is 11.0. The summed E-state index contributed by atoms with van der Waals surface area (Å²) < 4.78 is 1.90. The molecule has 0 spiro atoms. The molecule has 0 saturated carbocycles. The van der Waals surface area contributed by atoms with Crippen molar-refractivity contribution in [1.29, 1.82) is 0 Å². The molecule has 0 saturated heterocycles. The van der Waals surface area contributed by atoms with E-state index in [2.05, 4.69) is 10.1 Å². The van der Waals surface area contributed by atoms with Gasteiger partial charge in [0, 0.05) is 11.1 Å². The van der Waals surface area contributed by atoms with E-state index in [1.54, 1.807) is 0 Å². The minimum absolute atomic E-state index is 0.0723. The van der Waals surface area contributed by atoms with Crippen molar-refractivity contribution in [3.63, 3.8) is 0 Å². The van der Waals surface area contributed by atoms with Gasteiger partial charge in [0.15, 0.2) is 0 Å². The fraction of sp³-hybridized carbons (Fsp3) is 0.200. The van der Waals surface area contributed by atoms with Gasteiger partial charge in [-0.05, 0) is 32.0 Å². The molecule has 3 rings (SSSR count). The lowest BCUT2D eigenvalue weighted by Gasteiger charge is -2.10. The van der Waals surface area contributed by atoms with Crippen molar-refractivity contribution in [3.8, 4) is 5.69 Å². The number of pyridine rings is 1. The highest BCUT2D eigenvalue weighted by Gasteiger charge is 2.10. The van der Waals surface area contributed by atoms with Crippen LogP contribution in [0.3, 0.4) is 0 Å². The Bertz CT molecular complexity index is 746. The maximum absolute atomic E-state index is 9.35. The smallest absolute Gasteiger partial charge is 0.0854 e. The van der Waals surface area contributed by atoms with Gasteiger partial charge >= 0.3 is 0 Å². The maximum atomic E-state index is 9.35. The summed E-state index contributed by atoms with van der Waals surface area (Å²) in [5.74, 6) is 0. The van der Waals surface area contributed by atoms with Crippen molar-refractivity contribution in [2.24, 2.45) is 0 Å². The summed E-state index contributed by atoms with van der Waals surface area (Å²) in [6.07, 6.45) is 0. The van der Waals surface area contributed by atoms with Gasteiger partial charge < -0.3 is 5.11 Å². The summed E-state index contributed by atoms with van der Waals surface area (Å²) in [5, 5.41) is 14.9. The zero-order chi connectivity index (χ0) is 13.4. The van der Waals surface area contributed by atoms with Crippen LogP contribution in [0.1, 0.15) is 17.1 Å². The van der Waals surface area contributed by atoms with Crippen LogP contribution in [-0.4, -0.2) is 19.9 Å². The van der Waals surface area contributed by atoms with Crippen molar-refractivity contribution in [2.45, 2.75) is 20.5 Å². The number of rotatable bonds is 2. The monoisotopic (exact) mass is 253 g/mol. The Morgan fingerprint density at radius 2 is 1.95 bits per heavy atom. The Labute approximate surface area is 111 Å². The number of aliphatic hydroxyl groups is 1. The summed E-state index contributed by atoms with van der Waals surface area (Å²) in [6.45, 7) is 3.92. The quantitative estimate of drug-likeness (QED) is 0.763. The van der Waals surface area contributed by atoms with Gasteiger partial charge in [0.2, 0.25) is 0 Å². The number of para-hydroxylation sites is 1. The van der Waals surface area contributed by atoms with Crippen LogP contribution in [0.25, 0.3) is 16.6 Å². The first-order valence-electron chi connectivity index (χ1n) is 6.22. The summed E-state index contributed by atoms with van der Waals surface area (Å²) in [5.41, 5.74) is 4.53. The van der Waals surface area contributed by atoms with Crippen LogP contribution in [0.2, 0.25) is 0 Å². The van der Waals surface area contributed by atoms with E-state index in [1.807, 2.05) is 54.9 Å². The first kappa shape index (κ1) is 11.9. The molecule has 0 aliphatic carbocycles.